The molecule has 0 saturated carbocycles. The molecule has 0 saturated heterocycles. The Morgan fingerprint density at radius 3 is 2.75 bits per heavy atom. The number of H-pyrrole nitrogens is 1. The Balaban J connectivity index is 2.04. The van der Waals surface area contributed by atoms with Crippen LogP contribution in [0.2, 0.25) is 0 Å². The van der Waals surface area contributed by atoms with E-state index in [4.69, 9.17) is 0 Å². The maximum atomic E-state index is 12.2. The zero-order valence-corrected chi connectivity index (χ0v) is 11.8. The molecular weight excluding hydrogens is 254 g/mol. The number of nitrogens with one attached hydrogen (secondary N) is 2. The molecule has 5 nitrogen and oxygen atoms in total. The van der Waals surface area contributed by atoms with Crippen LogP contribution in [0.3, 0.4) is 0 Å². The van der Waals surface area contributed by atoms with Crippen molar-refractivity contribution in [2.75, 3.05) is 20.1 Å². The number of benzene rings is 1. The van der Waals surface area contributed by atoms with Crippen molar-refractivity contribution < 1.29 is 9.59 Å². The first-order chi connectivity index (χ1) is 9.61. The Hall–Kier alpha value is -2.30. The van der Waals surface area contributed by atoms with Crippen molar-refractivity contribution >= 4 is 22.7 Å². The monoisotopic (exact) mass is 273 g/mol. The third kappa shape index (κ3) is 3.17. The Bertz CT molecular complexity index is 585. The lowest BCUT2D eigenvalue weighted by Crippen LogP contribution is -2.38. The normalized spacial score (nSPS) is 10.5. The third-order valence-corrected chi connectivity index (χ3v) is 3.06. The van der Waals surface area contributed by atoms with Gasteiger partial charge >= 0.3 is 0 Å². The first-order valence-corrected chi connectivity index (χ1v) is 6.71. The number of hydrogen-bond donors (Lipinski definition) is 2. The molecule has 2 amide bonds. The van der Waals surface area contributed by atoms with Gasteiger partial charge in [-0.3, -0.25) is 9.59 Å². The van der Waals surface area contributed by atoms with Crippen LogP contribution in [0.1, 0.15) is 23.8 Å². The molecule has 0 fully saturated rings. The predicted molar refractivity (Wildman–Crippen MR) is 78.6 cm³/mol. The Morgan fingerprint density at radius 1 is 1.30 bits per heavy atom. The molecule has 1 aromatic carbocycles. The fraction of sp³-hybridized carbons (Fsp3) is 0.333. The number of fused-ring (bicyclic) bond motifs is 1. The van der Waals surface area contributed by atoms with Crippen molar-refractivity contribution in [1.29, 1.82) is 0 Å². The van der Waals surface area contributed by atoms with Gasteiger partial charge in [0.15, 0.2) is 0 Å². The molecule has 0 atom stereocenters. The van der Waals surface area contributed by atoms with Crippen LogP contribution in [0.15, 0.2) is 30.3 Å². The summed E-state index contributed by atoms with van der Waals surface area (Å²) in [4.78, 5) is 28.3. The number of aromatic amines is 1. The molecule has 2 rings (SSSR count). The van der Waals surface area contributed by atoms with Crippen LogP contribution in [0.25, 0.3) is 10.9 Å². The van der Waals surface area contributed by atoms with Gasteiger partial charge in [0.2, 0.25) is 5.91 Å². The first-order valence-electron chi connectivity index (χ1n) is 6.71. The molecule has 0 spiro atoms. The van der Waals surface area contributed by atoms with Gasteiger partial charge in [-0.1, -0.05) is 25.1 Å². The number of aromatic nitrogens is 1. The first kappa shape index (κ1) is 14.1. The fourth-order valence-electron chi connectivity index (χ4n) is 2.00. The zero-order chi connectivity index (χ0) is 14.5. The third-order valence-electron chi connectivity index (χ3n) is 3.06. The molecule has 0 bridgehead atoms. The molecule has 2 N–H and O–H groups in total. The van der Waals surface area contributed by atoms with E-state index < -0.39 is 0 Å². The maximum Gasteiger partial charge on any atom is 0.270 e. The van der Waals surface area contributed by atoms with Crippen LogP contribution in [0.4, 0.5) is 0 Å². The molecule has 1 aromatic heterocycles. The summed E-state index contributed by atoms with van der Waals surface area (Å²) in [5.74, 6) is -0.327. The number of nitrogens with zero attached hydrogens (tertiary/aromatic N) is 1. The summed E-state index contributed by atoms with van der Waals surface area (Å²) >= 11 is 0. The van der Waals surface area contributed by atoms with Crippen LogP contribution >= 0.6 is 0 Å². The molecule has 106 valence electrons. The molecule has 0 aliphatic rings. The van der Waals surface area contributed by atoms with Gasteiger partial charge in [0.25, 0.3) is 5.91 Å². The van der Waals surface area contributed by atoms with Crippen LogP contribution < -0.4 is 5.32 Å². The number of rotatable bonds is 5. The number of hydrogen-bond acceptors (Lipinski definition) is 2. The number of carbonyl (C=O) groups is 2. The van der Waals surface area contributed by atoms with Crippen molar-refractivity contribution in [3.05, 3.63) is 36.0 Å². The highest BCUT2D eigenvalue weighted by atomic mass is 16.2. The highest BCUT2D eigenvalue weighted by molar-refractivity contribution is 5.99. The van der Waals surface area contributed by atoms with Gasteiger partial charge in [0, 0.05) is 24.5 Å². The van der Waals surface area contributed by atoms with Crippen molar-refractivity contribution in [3.63, 3.8) is 0 Å². The largest absolute Gasteiger partial charge is 0.355 e. The maximum absolute atomic E-state index is 12.2. The van der Waals surface area contributed by atoms with Gasteiger partial charge in [-0.2, -0.15) is 0 Å². The molecule has 1 heterocycles. The number of amides is 2. The van der Waals surface area contributed by atoms with Gasteiger partial charge in [0.05, 0.1) is 6.54 Å². The van der Waals surface area contributed by atoms with Gasteiger partial charge in [-0.15, -0.1) is 0 Å². The minimum absolute atomic E-state index is 0.0637. The average molecular weight is 273 g/mol. The summed E-state index contributed by atoms with van der Waals surface area (Å²) in [6.45, 7) is 2.68. The van der Waals surface area contributed by atoms with Gasteiger partial charge in [0.1, 0.15) is 5.69 Å². The van der Waals surface area contributed by atoms with Crippen molar-refractivity contribution in [2.45, 2.75) is 13.3 Å². The van der Waals surface area contributed by atoms with E-state index in [-0.39, 0.29) is 18.4 Å². The Morgan fingerprint density at radius 2 is 2.05 bits per heavy atom. The Kier molecular flexibility index (Phi) is 4.40. The van der Waals surface area contributed by atoms with E-state index in [0.717, 1.165) is 17.3 Å². The standard InChI is InChI=1S/C15H19N3O2/c1-3-8-16-14(19)10-18(2)15(20)13-9-11-6-4-5-7-12(11)17-13/h4-7,9,17H,3,8,10H2,1-2H3,(H,16,19). The highest BCUT2D eigenvalue weighted by Crippen LogP contribution is 2.15. The number of para-hydroxylation sites is 1. The van der Waals surface area contributed by atoms with Crippen LogP contribution in [-0.2, 0) is 4.79 Å². The minimum atomic E-state index is -0.187. The summed E-state index contributed by atoms with van der Waals surface area (Å²) in [6, 6.07) is 9.50. The van der Waals surface area contributed by atoms with E-state index in [0.29, 0.717) is 12.2 Å². The quantitative estimate of drug-likeness (QED) is 0.872. The average Bonchev–Trinajstić information content (AvgIpc) is 2.87. The molecule has 20 heavy (non-hydrogen) atoms. The van der Waals surface area contributed by atoms with E-state index in [1.807, 2.05) is 31.2 Å². The summed E-state index contributed by atoms with van der Waals surface area (Å²) < 4.78 is 0. The van der Waals surface area contributed by atoms with E-state index >= 15 is 0 Å². The molecule has 0 unspecified atom stereocenters. The van der Waals surface area contributed by atoms with Crippen LogP contribution in [0, 0.1) is 0 Å². The summed E-state index contributed by atoms with van der Waals surface area (Å²) in [7, 11) is 1.62. The lowest BCUT2D eigenvalue weighted by molar-refractivity contribution is -0.121. The van der Waals surface area contributed by atoms with E-state index in [2.05, 4.69) is 10.3 Å². The van der Waals surface area contributed by atoms with Crippen LogP contribution in [-0.4, -0.2) is 41.8 Å². The lowest BCUT2D eigenvalue weighted by atomic mass is 10.2. The van der Waals surface area contributed by atoms with E-state index in [9.17, 15) is 9.59 Å². The van der Waals surface area contributed by atoms with Gasteiger partial charge < -0.3 is 15.2 Å². The number of carbonyl (C=O) groups excluding carboxylic acids is 2. The molecule has 5 heteroatoms. The Labute approximate surface area is 118 Å². The zero-order valence-electron chi connectivity index (χ0n) is 11.8. The second-order valence-corrected chi connectivity index (χ2v) is 4.78. The molecule has 2 aromatic rings. The van der Waals surface area contributed by atoms with E-state index in [1.54, 1.807) is 13.1 Å². The van der Waals surface area contributed by atoms with Gasteiger partial charge in [-0.05, 0) is 18.6 Å². The fourth-order valence-corrected chi connectivity index (χ4v) is 2.00. The second-order valence-electron chi connectivity index (χ2n) is 4.78. The minimum Gasteiger partial charge on any atom is -0.355 e. The van der Waals surface area contributed by atoms with Crippen molar-refractivity contribution in [1.82, 2.24) is 15.2 Å². The number of likely N-dealkylation sites (N-methyl/N-ethyl adjacent to an activating group) is 1. The smallest absolute Gasteiger partial charge is 0.270 e. The second kappa shape index (κ2) is 6.23. The highest BCUT2D eigenvalue weighted by Gasteiger charge is 2.16. The summed E-state index contributed by atoms with van der Waals surface area (Å²) in [5, 5.41) is 3.74. The predicted octanol–water partition coefficient (Wildman–Crippen LogP) is 1.77. The van der Waals surface area contributed by atoms with E-state index in [1.165, 1.54) is 4.90 Å². The van der Waals surface area contributed by atoms with Crippen molar-refractivity contribution in [3.8, 4) is 0 Å². The SMILES string of the molecule is CCCNC(=O)CN(C)C(=O)c1cc2ccccc2[nH]1. The topological polar surface area (TPSA) is 65.2 Å². The lowest BCUT2D eigenvalue weighted by Gasteiger charge is -2.15. The summed E-state index contributed by atoms with van der Waals surface area (Å²) in [6.07, 6.45) is 0.880. The van der Waals surface area contributed by atoms with Crippen molar-refractivity contribution in [2.24, 2.45) is 0 Å². The molecule has 0 radical (unpaired) electrons. The molecule has 0 aliphatic carbocycles. The summed E-state index contributed by atoms with van der Waals surface area (Å²) in [5.41, 5.74) is 1.41. The molecular formula is C15H19N3O2. The van der Waals surface area contributed by atoms with Crippen LogP contribution in [0.5, 0.6) is 0 Å². The molecule has 0 aliphatic heterocycles. The van der Waals surface area contributed by atoms with Gasteiger partial charge in [-0.25, -0.2) is 0 Å².